The molecule has 3 rings (SSSR count). The van der Waals surface area contributed by atoms with Crippen LogP contribution in [0.25, 0.3) is 0 Å². The van der Waals surface area contributed by atoms with E-state index in [1.54, 1.807) is 125 Å². The van der Waals surface area contributed by atoms with Crippen molar-refractivity contribution in [1.29, 1.82) is 0 Å². The van der Waals surface area contributed by atoms with Crippen LogP contribution < -0.4 is 26.6 Å². The van der Waals surface area contributed by atoms with E-state index in [0.29, 0.717) is 0 Å². The van der Waals surface area contributed by atoms with E-state index < -0.39 is 136 Å². The largest absolute Gasteiger partial charge is 0.465 e. The van der Waals surface area contributed by atoms with Crippen molar-refractivity contribution in [2.75, 3.05) is 58.9 Å². The van der Waals surface area contributed by atoms with Crippen LogP contribution in [0, 0.1) is 10.8 Å². The lowest BCUT2D eigenvalue weighted by Crippen LogP contribution is -2.62. The minimum Gasteiger partial charge on any atom is -0.465 e. The molecule has 9 amide bonds. The molecule has 0 spiro atoms. The van der Waals surface area contributed by atoms with E-state index in [2.05, 4.69) is 26.6 Å². The first-order chi connectivity index (χ1) is 31.9. The zero-order chi connectivity index (χ0) is 54.7. The van der Waals surface area contributed by atoms with Gasteiger partial charge < -0.3 is 70.1 Å². The van der Waals surface area contributed by atoms with Crippen LogP contribution in [0.4, 0.5) is 28.8 Å². The maximum Gasteiger partial charge on any atom is 0.408 e. The molecule has 3 saturated heterocycles. The number of amides is 9. The highest BCUT2D eigenvalue weighted by Gasteiger charge is 2.70. The minimum atomic E-state index is -1.47. The van der Waals surface area contributed by atoms with Crippen molar-refractivity contribution >= 4 is 54.3 Å². The summed E-state index contributed by atoms with van der Waals surface area (Å²) in [4.78, 5) is 128. The summed E-state index contributed by atoms with van der Waals surface area (Å²) >= 11 is 0. The van der Waals surface area contributed by atoms with Crippen LogP contribution in [0.15, 0.2) is 0 Å². The Morgan fingerprint density at radius 3 is 0.944 bits per heavy atom. The third-order valence-corrected chi connectivity index (χ3v) is 11.1. The number of carbonyl (C=O) groups is 9. The first-order valence-electron chi connectivity index (χ1n) is 23.7. The summed E-state index contributed by atoms with van der Waals surface area (Å²) in [7, 11) is 0. The van der Waals surface area contributed by atoms with Gasteiger partial charge in [0.15, 0.2) is 0 Å². The average Bonchev–Trinajstić information content (AvgIpc) is 3.70. The third-order valence-electron chi connectivity index (χ3n) is 11.1. The van der Waals surface area contributed by atoms with Crippen LogP contribution >= 0.6 is 0 Å². The summed E-state index contributed by atoms with van der Waals surface area (Å²) in [5, 5.41) is 23.3. The molecule has 3 aliphatic rings. The molecule has 24 nitrogen and oxygen atoms in total. The summed E-state index contributed by atoms with van der Waals surface area (Å²) in [5.74, 6) is -1.93. The number of likely N-dealkylation sites (tertiary alicyclic amines) is 3. The lowest BCUT2D eigenvalue weighted by Gasteiger charge is -2.41. The van der Waals surface area contributed by atoms with E-state index in [-0.39, 0.29) is 39.3 Å². The zero-order valence-corrected chi connectivity index (χ0v) is 45.0. The van der Waals surface area contributed by atoms with Crippen molar-refractivity contribution in [3.8, 4) is 0 Å². The number of carboxylic acid groups (broad SMARTS) is 1. The Bertz CT molecular complexity index is 1910. The quantitative estimate of drug-likeness (QED) is 0.151. The number of carbonyl (C=O) groups excluding carboxylic acids is 8. The van der Waals surface area contributed by atoms with E-state index in [0.717, 1.165) is 4.90 Å². The molecule has 0 saturated carbocycles. The second-order valence-corrected chi connectivity index (χ2v) is 24.5. The van der Waals surface area contributed by atoms with Gasteiger partial charge in [0.2, 0.25) is 17.7 Å². The van der Waals surface area contributed by atoms with Gasteiger partial charge >= 0.3 is 36.6 Å². The topological polar surface area (TPSA) is 293 Å². The number of nitrogens with zero attached hydrogens (tertiary/aromatic N) is 4. The second kappa shape index (κ2) is 21.4. The standard InChI is InChI=1S/C47H81N9O15/c1-40(2,3)56(39(65)66)30(21-50-36(62)69-43(10,11)12)33(59)55-26-46-22-53(31(57)28(51-37(63)70-44(13,14)15)19-48-34(60)67-41(4,5)6)23-47(46,27-55)25-54(24-46)32(58)29(52-38(64)71-45(16,17)18)20-49-35(61)68-42(7,8)9/h28-30H,19-27H2,1-18H3,(H,48,60)(H,49,61)(H,50,62)(H,51,63)(H,52,64)(H,65,66). The van der Waals surface area contributed by atoms with Crippen LogP contribution in [0.5, 0.6) is 0 Å². The molecule has 71 heavy (non-hydrogen) atoms. The highest BCUT2D eigenvalue weighted by atomic mass is 16.6. The van der Waals surface area contributed by atoms with Crippen molar-refractivity contribution in [2.45, 2.75) is 176 Å². The van der Waals surface area contributed by atoms with Crippen LogP contribution in [0.3, 0.4) is 0 Å². The van der Waals surface area contributed by atoms with Crippen molar-refractivity contribution in [3.63, 3.8) is 0 Å². The van der Waals surface area contributed by atoms with E-state index >= 15 is 0 Å². The number of hydrogen-bond acceptors (Lipinski definition) is 14. The van der Waals surface area contributed by atoms with Crippen molar-refractivity contribution in [3.05, 3.63) is 0 Å². The SMILES string of the molecule is CC(C)(C)OC(=O)NCC(NC(=O)OC(C)(C)C)C(=O)N1CC23CN(C(=O)C(CNC(=O)OC(C)(C)C)NC(=O)OC(C)(C)C)CC2(C1)CN(C(=O)C(CNC(=O)OC(C)(C)C)N(C(=O)O)C(C)(C)C)C3. The van der Waals surface area contributed by atoms with Gasteiger partial charge in [-0.1, -0.05) is 0 Å². The Labute approximate surface area is 417 Å². The molecule has 6 N–H and O–H groups in total. The zero-order valence-electron chi connectivity index (χ0n) is 45.0. The summed E-state index contributed by atoms with van der Waals surface area (Å²) in [6, 6.07) is -4.24. The Hall–Kier alpha value is -5.97. The lowest BCUT2D eigenvalue weighted by molar-refractivity contribution is -0.139. The fourth-order valence-electron chi connectivity index (χ4n) is 8.75. The predicted molar refractivity (Wildman–Crippen MR) is 257 cm³/mol. The Morgan fingerprint density at radius 2 is 0.690 bits per heavy atom. The van der Waals surface area contributed by atoms with E-state index in [4.69, 9.17) is 23.7 Å². The second-order valence-electron chi connectivity index (χ2n) is 24.5. The average molecular weight is 1010 g/mol. The molecule has 404 valence electrons. The Balaban J connectivity index is 2.12. The molecule has 0 aromatic heterocycles. The van der Waals surface area contributed by atoms with E-state index in [9.17, 15) is 48.3 Å². The molecule has 3 aliphatic heterocycles. The monoisotopic (exact) mass is 1010 g/mol. The summed E-state index contributed by atoms with van der Waals surface area (Å²) in [5.41, 5.74) is -7.99. The fourth-order valence-corrected chi connectivity index (χ4v) is 8.75. The van der Waals surface area contributed by atoms with Gasteiger partial charge in [0.1, 0.15) is 46.1 Å². The lowest BCUT2D eigenvalue weighted by atomic mass is 9.71. The first-order valence-corrected chi connectivity index (χ1v) is 23.7. The van der Waals surface area contributed by atoms with E-state index in [1.807, 2.05) is 0 Å². The normalized spacial score (nSPS) is 20.5. The molecule has 0 aliphatic carbocycles. The summed E-state index contributed by atoms with van der Waals surface area (Å²) < 4.78 is 27.1. The van der Waals surface area contributed by atoms with Crippen molar-refractivity contribution in [2.24, 2.45) is 10.8 Å². The predicted octanol–water partition coefficient (Wildman–Crippen LogP) is 3.99. The third kappa shape index (κ3) is 17.4. The van der Waals surface area contributed by atoms with Gasteiger partial charge in [-0.05, 0) is 125 Å². The smallest absolute Gasteiger partial charge is 0.408 e. The van der Waals surface area contributed by atoms with Crippen LogP contribution in [-0.2, 0) is 38.1 Å². The highest BCUT2D eigenvalue weighted by molar-refractivity contribution is 5.90. The van der Waals surface area contributed by atoms with E-state index in [1.165, 1.54) is 14.7 Å². The number of hydrogen-bond donors (Lipinski definition) is 6. The van der Waals surface area contributed by atoms with Gasteiger partial charge in [0, 0.05) is 55.6 Å². The summed E-state index contributed by atoms with van der Waals surface area (Å²) in [6.45, 7) is 27.6. The number of alkyl carbamates (subject to hydrolysis) is 5. The van der Waals surface area contributed by atoms with Crippen molar-refractivity contribution < 1.29 is 71.9 Å². The number of ether oxygens (including phenoxy) is 5. The Morgan fingerprint density at radius 1 is 0.437 bits per heavy atom. The first kappa shape index (κ1) is 59.3. The Kier molecular flexibility index (Phi) is 17.9. The van der Waals surface area contributed by atoms with Crippen LogP contribution in [0.1, 0.15) is 125 Å². The maximum absolute atomic E-state index is 14.9. The molecular weight excluding hydrogens is 931 g/mol. The molecule has 3 unspecified atom stereocenters. The fraction of sp³-hybridized carbons (Fsp3) is 0.809. The van der Waals surface area contributed by atoms with Gasteiger partial charge in [-0.3, -0.25) is 19.3 Å². The summed E-state index contributed by atoms with van der Waals surface area (Å²) in [6.07, 6.45) is -5.90. The van der Waals surface area contributed by atoms with Gasteiger partial charge in [-0.2, -0.15) is 0 Å². The van der Waals surface area contributed by atoms with Crippen LogP contribution in [0.2, 0.25) is 0 Å². The highest BCUT2D eigenvalue weighted by Crippen LogP contribution is 2.57. The molecule has 3 fully saturated rings. The molecule has 3 atom stereocenters. The molecule has 24 heteroatoms. The number of nitrogens with one attached hydrogen (secondary N) is 5. The van der Waals surface area contributed by atoms with Crippen molar-refractivity contribution in [1.82, 2.24) is 46.2 Å². The van der Waals surface area contributed by atoms with Gasteiger partial charge in [0.25, 0.3) is 0 Å². The van der Waals surface area contributed by atoms with Gasteiger partial charge in [0.05, 0.1) is 19.6 Å². The molecule has 3 heterocycles. The maximum atomic E-state index is 14.9. The molecular formula is C47H81N9O15. The van der Waals surface area contributed by atoms with Crippen LogP contribution in [-0.4, -0.2) is 190 Å². The molecule has 0 radical (unpaired) electrons. The molecule has 0 aromatic rings. The molecule has 0 aromatic carbocycles. The van der Waals surface area contributed by atoms with Gasteiger partial charge in [-0.15, -0.1) is 0 Å². The van der Waals surface area contributed by atoms with Gasteiger partial charge in [-0.25, -0.2) is 28.8 Å². The minimum absolute atomic E-state index is 0.110. The molecule has 0 bridgehead atoms. The number of rotatable bonds is 12.